The lowest BCUT2D eigenvalue weighted by molar-refractivity contribution is -0.134. The van der Waals surface area contributed by atoms with Gasteiger partial charge in [-0.05, 0) is 41.7 Å². The smallest absolute Gasteiger partial charge is 0.335 e. The molecule has 0 saturated carbocycles. The molecule has 1 atom stereocenters. The molecule has 0 saturated heterocycles. The van der Waals surface area contributed by atoms with Crippen LogP contribution in [0.2, 0.25) is 0 Å². The van der Waals surface area contributed by atoms with E-state index in [-0.39, 0.29) is 23.9 Å². The number of carbonyl (C=O) groups excluding carboxylic acids is 1. The number of fused-ring (bicyclic) bond motifs is 1. The number of carboxylic acids is 1. The van der Waals surface area contributed by atoms with Crippen LogP contribution in [0, 0.1) is 0 Å². The van der Waals surface area contributed by atoms with E-state index in [9.17, 15) is 9.59 Å². The highest BCUT2D eigenvalue weighted by molar-refractivity contribution is 5.88. The lowest BCUT2D eigenvalue weighted by Crippen LogP contribution is -2.44. The summed E-state index contributed by atoms with van der Waals surface area (Å²) in [5, 5.41) is 9.09. The first kappa shape index (κ1) is 16.2. The molecule has 0 spiro atoms. The summed E-state index contributed by atoms with van der Waals surface area (Å²) in [4.78, 5) is 25.8. The minimum atomic E-state index is -0.970. The van der Waals surface area contributed by atoms with Crippen LogP contribution < -0.4 is 0 Å². The highest BCUT2D eigenvalue weighted by Crippen LogP contribution is 2.25. The van der Waals surface area contributed by atoms with Crippen molar-refractivity contribution in [3.8, 4) is 0 Å². The van der Waals surface area contributed by atoms with Crippen LogP contribution in [0.25, 0.3) is 0 Å². The van der Waals surface area contributed by atoms with E-state index >= 15 is 0 Å². The molecule has 124 valence electrons. The van der Waals surface area contributed by atoms with Crippen LogP contribution in [-0.4, -0.2) is 27.9 Å². The maximum Gasteiger partial charge on any atom is 0.335 e. The maximum atomic E-state index is 12.8. The van der Waals surface area contributed by atoms with Crippen molar-refractivity contribution in [1.29, 1.82) is 0 Å². The molecule has 2 aromatic rings. The first-order valence-electron chi connectivity index (χ1n) is 8.27. The van der Waals surface area contributed by atoms with E-state index in [1.165, 1.54) is 11.1 Å². The summed E-state index contributed by atoms with van der Waals surface area (Å²) < 4.78 is 0. The average Bonchev–Trinajstić information content (AvgIpc) is 2.60. The van der Waals surface area contributed by atoms with Crippen LogP contribution in [0.5, 0.6) is 0 Å². The van der Waals surface area contributed by atoms with Crippen molar-refractivity contribution in [1.82, 2.24) is 4.90 Å². The topological polar surface area (TPSA) is 57.6 Å². The Kier molecular flexibility index (Phi) is 4.65. The van der Waals surface area contributed by atoms with E-state index in [0.717, 1.165) is 18.4 Å². The second-order valence-corrected chi connectivity index (χ2v) is 6.24. The number of nitrogens with zero attached hydrogens (tertiary/aromatic N) is 1. The normalized spacial score (nSPS) is 16.5. The van der Waals surface area contributed by atoms with E-state index in [4.69, 9.17) is 5.11 Å². The molecule has 4 heteroatoms. The summed E-state index contributed by atoms with van der Waals surface area (Å²) in [6.07, 6.45) is 2.03. The van der Waals surface area contributed by atoms with Crippen molar-refractivity contribution in [2.75, 3.05) is 0 Å². The quantitative estimate of drug-likeness (QED) is 0.939. The molecular weight excluding hydrogens is 302 g/mol. The third kappa shape index (κ3) is 3.32. The van der Waals surface area contributed by atoms with Crippen molar-refractivity contribution >= 4 is 11.9 Å². The van der Waals surface area contributed by atoms with Crippen molar-refractivity contribution < 1.29 is 14.7 Å². The Bertz CT molecular complexity index is 769. The monoisotopic (exact) mass is 323 g/mol. The summed E-state index contributed by atoms with van der Waals surface area (Å²) in [6, 6.07) is 15.1. The minimum Gasteiger partial charge on any atom is -0.478 e. The van der Waals surface area contributed by atoms with Gasteiger partial charge in [-0.25, -0.2) is 4.79 Å². The zero-order valence-electron chi connectivity index (χ0n) is 13.7. The van der Waals surface area contributed by atoms with Crippen LogP contribution in [0.15, 0.2) is 48.5 Å². The molecule has 1 N–H and O–H groups in total. The second kappa shape index (κ2) is 6.87. The van der Waals surface area contributed by atoms with E-state index in [1.807, 2.05) is 23.1 Å². The first-order chi connectivity index (χ1) is 11.6. The van der Waals surface area contributed by atoms with Gasteiger partial charge in [0.15, 0.2) is 0 Å². The zero-order chi connectivity index (χ0) is 17.1. The number of hydrogen-bond donors (Lipinski definition) is 1. The molecule has 2 aromatic carbocycles. The van der Waals surface area contributed by atoms with Gasteiger partial charge in [-0.3, -0.25) is 4.79 Å². The third-order valence-electron chi connectivity index (χ3n) is 4.68. The molecule has 24 heavy (non-hydrogen) atoms. The van der Waals surface area contributed by atoms with Crippen molar-refractivity contribution in [3.05, 3.63) is 70.8 Å². The fourth-order valence-corrected chi connectivity index (χ4v) is 3.33. The molecule has 1 heterocycles. The van der Waals surface area contributed by atoms with Gasteiger partial charge in [0.1, 0.15) is 0 Å². The number of rotatable bonds is 4. The molecule has 0 aliphatic carbocycles. The Morgan fingerprint density at radius 1 is 1.12 bits per heavy atom. The SMILES string of the molecule is CCC1Cc2ccccc2CN1C(=O)Cc1cccc(C(=O)O)c1. The van der Waals surface area contributed by atoms with E-state index < -0.39 is 5.97 Å². The molecule has 3 rings (SSSR count). The number of carbonyl (C=O) groups is 2. The largest absolute Gasteiger partial charge is 0.478 e. The Morgan fingerprint density at radius 3 is 2.58 bits per heavy atom. The number of aromatic carboxylic acids is 1. The predicted molar refractivity (Wildman–Crippen MR) is 91.9 cm³/mol. The van der Waals surface area contributed by atoms with Gasteiger partial charge in [0, 0.05) is 12.6 Å². The van der Waals surface area contributed by atoms with Crippen molar-refractivity contribution in [2.24, 2.45) is 0 Å². The Balaban J connectivity index is 1.79. The fraction of sp³-hybridized carbons (Fsp3) is 0.300. The highest BCUT2D eigenvalue weighted by atomic mass is 16.4. The van der Waals surface area contributed by atoms with Gasteiger partial charge in [0.25, 0.3) is 0 Å². The molecule has 4 nitrogen and oxygen atoms in total. The number of benzene rings is 2. The van der Waals surface area contributed by atoms with Crippen LogP contribution in [0.1, 0.15) is 40.4 Å². The van der Waals surface area contributed by atoms with Crippen LogP contribution in [-0.2, 0) is 24.2 Å². The zero-order valence-corrected chi connectivity index (χ0v) is 13.7. The van der Waals surface area contributed by atoms with E-state index in [2.05, 4.69) is 19.1 Å². The summed E-state index contributed by atoms with van der Waals surface area (Å²) >= 11 is 0. The lowest BCUT2D eigenvalue weighted by Gasteiger charge is -2.36. The van der Waals surface area contributed by atoms with Gasteiger partial charge in [-0.15, -0.1) is 0 Å². The van der Waals surface area contributed by atoms with Crippen molar-refractivity contribution in [2.45, 2.75) is 38.8 Å². The lowest BCUT2D eigenvalue weighted by atomic mass is 9.92. The predicted octanol–water partition coefficient (Wildman–Crippen LogP) is 3.29. The average molecular weight is 323 g/mol. The first-order valence-corrected chi connectivity index (χ1v) is 8.27. The highest BCUT2D eigenvalue weighted by Gasteiger charge is 2.28. The molecule has 0 fully saturated rings. The van der Waals surface area contributed by atoms with Crippen LogP contribution in [0.3, 0.4) is 0 Å². The molecule has 1 unspecified atom stereocenters. The van der Waals surface area contributed by atoms with Crippen LogP contribution >= 0.6 is 0 Å². The molecule has 1 aliphatic heterocycles. The molecule has 0 radical (unpaired) electrons. The molecule has 0 bridgehead atoms. The van der Waals surface area contributed by atoms with Gasteiger partial charge < -0.3 is 10.0 Å². The van der Waals surface area contributed by atoms with Gasteiger partial charge in [0.05, 0.1) is 12.0 Å². The number of carboxylic acid groups (broad SMARTS) is 1. The molecule has 0 aromatic heterocycles. The summed E-state index contributed by atoms with van der Waals surface area (Å²) in [5.41, 5.74) is 3.49. The Morgan fingerprint density at radius 2 is 1.88 bits per heavy atom. The summed E-state index contributed by atoms with van der Waals surface area (Å²) in [7, 11) is 0. The minimum absolute atomic E-state index is 0.0545. The van der Waals surface area contributed by atoms with E-state index in [1.54, 1.807) is 18.2 Å². The molecule has 1 amide bonds. The van der Waals surface area contributed by atoms with Gasteiger partial charge in [0.2, 0.25) is 5.91 Å². The molecular formula is C20H21NO3. The fourth-order valence-electron chi connectivity index (χ4n) is 3.33. The third-order valence-corrected chi connectivity index (χ3v) is 4.68. The van der Waals surface area contributed by atoms with Gasteiger partial charge >= 0.3 is 5.97 Å². The summed E-state index contributed by atoms with van der Waals surface area (Å²) in [5.74, 6) is -0.915. The molecule has 1 aliphatic rings. The maximum absolute atomic E-state index is 12.8. The second-order valence-electron chi connectivity index (χ2n) is 6.24. The van der Waals surface area contributed by atoms with Gasteiger partial charge in [-0.2, -0.15) is 0 Å². The summed E-state index contributed by atoms with van der Waals surface area (Å²) in [6.45, 7) is 2.73. The standard InChI is InChI=1S/C20H21NO3/c1-2-18-12-15-7-3-4-8-17(15)13-21(18)19(22)11-14-6-5-9-16(10-14)20(23)24/h3-10,18H,2,11-13H2,1H3,(H,23,24). The Hall–Kier alpha value is -2.62. The van der Waals surface area contributed by atoms with Crippen LogP contribution in [0.4, 0.5) is 0 Å². The number of amides is 1. The van der Waals surface area contributed by atoms with E-state index in [0.29, 0.717) is 6.54 Å². The number of hydrogen-bond acceptors (Lipinski definition) is 2. The van der Waals surface area contributed by atoms with Gasteiger partial charge in [-0.1, -0.05) is 43.3 Å². The van der Waals surface area contributed by atoms with Crippen molar-refractivity contribution in [3.63, 3.8) is 0 Å². The Labute approximate surface area is 141 Å².